The van der Waals surface area contributed by atoms with Gasteiger partial charge < -0.3 is 0 Å². The van der Waals surface area contributed by atoms with Gasteiger partial charge in [0, 0.05) is 0 Å². The zero-order valence-corrected chi connectivity index (χ0v) is 15.0. The van der Waals surface area contributed by atoms with Crippen molar-refractivity contribution in [2.24, 2.45) is 5.10 Å². The number of nitrogens with zero attached hydrogens (tertiary/aromatic N) is 5. The fourth-order valence-electron chi connectivity index (χ4n) is 2.10. The van der Waals surface area contributed by atoms with E-state index in [-0.39, 0.29) is 5.75 Å². The summed E-state index contributed by atoms with van der Waals surface area (Å²) in [7, 11) is 0. The molecule has 7 nitrogen and oxygen atoms in total. The zero-order chi connectivity index (χ0) is 20.0. The topological polar surface area (TPSA) is 85.1 Å². The first kappa shape index (κ1) is 19.5. The van der Waals surface area contributed by atoms with Gasteiger partial charge in [-0.3, -0.25) is 4.79 Å². The van der Waals surface area contributed by atoms with E-state index >= 15 is 0 Å². The normalized spacial score (nSPS) is 11.7. The average Bonchev–Trinajstić information content (AvgIpc) is 3.15. The summed E-state index contributed by atoms with van der Waals surface area (Å²) in [4.78, 5) is 11.9. The van der Waals surface area contributed by atoms with Crippen LogP contribution in [0.1, 0.15) is 11.1 Å². The van der Waals surface area contributed by atoms with Crippen molar-refractivity contribution in [2.75, 3.05) is 5.75 Å². The van der Waals surface area contributed by atoms with E-state index in [9.17, 15) is 18.0 Å². The van der Waals surface area contributed by atoms with Crippen molar-refractivity contribution in [3.8, 4) is 5.69 Å². The number of nitrogens with one attached hydrogen (secondary N) is 1. The monoisotopic (exact) mass is 406 g/mol. The molecule has 0 saturated carbocycles. The summed E-state index contributed by atoms with van der Waals surface area (Å²) in [6.07, 6.45) is -3.13. The van der Waals surface area contributed by atoms with Gasteiger partial charge in [-0.25, -0.2) is 5.43 Å². The molecular formula is C17H13F3N6OS. The Labute approximate surface area is 161 Å². The quantitative estimate of drug-likeness (QED) is 0.387. The number of tetrazole rings is 1. The van der Waals surface area contributed by atoms with E-state index in [0.29, 0.717) is 10.7 Å². The number of thioether (sulfide) groups is 1. The van der Waals surface area contributed by atoms with Crippen LogP contribution < -0.4 is 5.43 Å². The van der Waals surface area contributed by atoms with E-state index in [4.69, 9.17) is 0 Å². The third-order valence-electron chi connectivity index (χ3n) is 3.41. The number of hydrazone groups is 1. The van der Waals surface area contributed by atoms with Crippen molar-refractivity contribution in [2.45, 2.75) is 11.3 Å². The predicted molar refractivity (Wildman–Crippen MR) is 97.1 cm³/mol. The second-order valence-corrected chi connectivity index (χ2v) is 6.35. The Balaban J connectivity index is 1.52. The molecule has 1 heterocycles. The van der Waals surface area contributed by atoms with Crippen LogP contribution in [0.25, 0.3) is 5.69 Å². The van der Waals surface area contributed by atoms with Gasteiger partial charge in [0.15, 0.2) is 0 Å². The van der Waals surface area contributed by atoms with Crippen molar-refractivity contribution in [1.82, 2.24) is 25.6 Å². The fourth-order valence-corrected chi connectivity index (χ4v) is 2.78. The van der Waals surface area contributed by atoms with Gasteiger partial charge in [0.2, 0.25) is 5.16 Å². The highest BCUT2D eigenvalue weighted by Crippen LogP contribution is 2.28. The Kier molecular flexibility index (Phi) is 6.04. The van der Waals surface area contributed by atoms with Gasteiger partial charge in [-0.15, -0.1) is 5.10 Å². The summed E-state index contributed by atoms with van der Waals surface area (Å²) in [6.45, 7) is 0. The number of alkyl halides is 3. The molecule has 144 valence electrons. The molecule has 1 aromatic heterocycles. The Hall–Kier alpha value is -3.21. The maximum Gasteiger partial charge on any atom is 0.416 e. The molecule has 3 aromatic rings. The molecule has 0 aliphatic carbocycles. The lowest BCUT2D eigenvalue weighted by atomic mass is 10.1. The zero-order valence-electron chi connectivity index (χ0n) is 14.2. The fraction of sp³-hybridized carbons (Fsp3) is 0.118. The van der Waals surface area contributed by atoms with Gasteiger partial charge >= 0.3 is 6.18 Å². The van der Waals surface area contributed by atoms with Crippen LogP contribution in [-0.2, 0) is 11.0 Å². The number of hydrogen-bond donors (Lipinski definition) is 1. The molecule has 0 aliphatic heterocycles. The minimum absolute atomic E-state index is 0.0115. The molecule has 0 fully saturated rings. The van der Waals surface area contributed by atoms with Crippen LogP contribution in [-0.4, -0.2) is 38.1 Å². The van der Waals surface area contributed by atoms with E-state index in [1.165, 1.54) is 23.0 Å². The maximum absolute atomic E-state index is 12.5. The number of para-hydroxylation sites is 1. The maximum atomic E-state index is 12.5. The van der Waals surface area contributed by atoms with E-state index in [1.54, 1.807) is 0 Å². The van der Waals surface area contributed by atoms with Crippen molar-refractivity contribution < 1.29 is 18.0 Å². The van der Waals surface area contributed by atoms with Crippen molar-refractivity contribution in [1.29, 1.82) is 0 Å². The van der Waals surface area contributed by atoms with Crippen molar-refractivity contribution >= 4 is 23.9 Å². The Bertz CT molecular complexity index is 957. The van der Waals surface area contributed by atoms with Crippen LogP contribution in [0.2, 0.25) is 0 Å². The highest BCUT2D eigenvalue weighted by atomic mass is 32.2. The van der Waals surface area contributed by atoms with Gasteiger partial charge in [0.05, 0.1) is 23.2 Å². The van der Waals surface area contributed by atoms with Crippen molar-refractivity contribution in [3.63, 3.8) is 0 Å². The van der Waals surface area contributed by atoms with Gasteiger partial charge in [-0.2, -0.15) is 23.0 Å². The molecule has 11 heteroatoms. The molecule has 0 saturated heterocycles. The Morgan fingerprint density at radius 3 is 2.54 bits per heavy atom. The molecule has 0 unspecified atom stereocenters. The Morgan fingerprint density at radius 1 is 1.14 bits per heavy atom. The van der Waals surface area contributed by atoms with E-state index in [2.05, 4.69) is 26.1 Å². The lowest BCUT2D eigenvalue weighted by Gasteiger charge is -2.05. The minimum atomic E-state index is -4.39. The first-order valence-corrected chi connectivity index (χ1v) is 8.88. The molecule has 0 bridgehead atoms. The van der Waals surface area contributed by atoms with Gasteiger partial charge in [-0.05, 0) is 40.3 Å². The lowest BCUT2D eigenvalue weighted by Crippen LogP contribution is -2.20. The molecule has 1 amide bonds. The predicted octanol–water partition coefficient (Wildman–Crippen LogP) is 2.92. The average molecular weight is 406 g/mol. The first-order chi connectivity index (χ1) is 13.4. The van der Waals surface area contributed by atoms with E-state index in [1.807, 2.05) is 30.3 Å². The number of benzene rings is 2. The van der Waals surface area contributed by atoms with Crippen LogP contribution in [0.4, 0.5) is 13.2 Å². The SMILES string of the molecule is O=C(CSc1nnnn1-c1ccccc1)NN=Cc1ccc(C(F)(F)F)cc1. The lowest BCUT2D eigenvalue weighted by molar-refractivity contribution is -0.137. The molecule has 0 aliphatic rings. The Morgan fingerprint density at radius 2 is 1.86 bits per heavy atom. The van der Waals surface area contributed by atoms with Gasteiger partial charge in [-0.1, -0.05) is 42.1 Å². The van der Waals surface area contributed by atoms with Crippen LogP contribution in [0.15, 0.2) is 64.9 Å². The van der Waals surface area contributed by atoms with Gasteiger partial charge in [0.25, 0.3) is 5.91 Å². The molecule has 3 rings (SSSR count). The first-order valence-electron chi connectivity index (χ1n) is 7.89. The molecule has 28 heavy (non-hydrogen) atoms. The molecule has 0 radical (unpaired) electrons. The molecule has 1 N–H and O–H groups in total. The molecule has 0 spiro atoms. The number of hydrogen-bond acceptors (Lipinski definition) is 6. The van der Waals surface area contributed by atoms with E-state index < -0.39 is 17.6 Å². The van der Waals surface area contributed by atoms with Crippen molar-refractivity contribution in [3.05, 3.63) is 65.7 Å². The smallest absolute Gasteiger partial charge is 0.272 e. The summed E-state index contributed by atoms with van der Waals surface area (Å²) in [5.74, 6) is -0.395. The number of amides is 1. The van der Waals surface area contributed by atoms with Crippen LogP contribution in [0.5, 0.6) is 0 Å². The minimum Gasteiger partial charge on any atom is -0.272 e. The highest BCUT2D eigenvalue weighted by Gasteiger charge is 2.29. The van der Waals surface area contributed by atoms with Crippen LogP contribution >= 0.6 is 11.8 Å². The van der Waals surface area contributed by atoms with Gasteiger partial charge in [0.1, 0.15) is 0 Å². The molecule has 2 aromatic carbocycles. The summed E-state index contributed by atoms with van der Waals surface area (Å²) in [5, 5.41) is 15.5. The summed E-state index contributed by atoms with van der Waals surface area (Å²) < 4.78 is 39.0. The number of carbonyl (C=O) groups is 1. The third kappa shape index (κ3) is 5.16. The second kappa shape index (κ2) is 8.65. The van der Waals surface area contributed by atoms with Crippen LogP contribution in [0, 0.1) is 0 Å². The number of rotatable bonds is 6. The standard InChI is InChI=1S/C17H13F3N6OS/c18-17(19,20)13-8-6-12(7-9-13)10-21-22-15(27)11-28-16-23-24-25-26(16)14-4-2-1-3-5-14/h1-10H,11H2,(H,22,27). The second-order valence-electron chi connectivity index (χ2n) is 5.41. The summed E-state index contributed by atoms with van der Waals surface area (Å²) >= 11 is 1.12. The largest absolute Gasteiger partial charge is 0.416 e. The third-order valence-corrected chi connectivity index (χ3v) is 4.33. The summed E-state index contributed by atoms with van der Waals surface area (Å²) in [6, 6.07) is 13.6. The number of halogens is 3. The highest BCUT2D eigenvalue weighted by molar-refractivity contribution is 7.99. The van der Waals surface area contributed by atoms with E-state index in [0.717, 1.165) is 29.6 Å². The van der Waals surface area contributed by atoms with Crippen LogP contribution in [0.3, 0.4) is 0 Å². The number of carbonyl (C=O) groups excluding carboxylic acids is 1. The molecular weight excluding hydrogens is 393 g/mol. The number of aromatic nitrogens is 4. The summed E-state index contributed by atoms with van der Waals surface area (Å²) in [5.41, 5.74) is 2.74. The molecule has 0 atom stereocenters.